The van der Waals surface area contributed by atoms with Gasteiger partial charge in [-0.2, -0.15) is 0 Å². The lowest BCUT2D eigenvalue weighted by atomic mass is 9.99. The topological polar surface area (TPSA) is 19.9 Å². The average Bonchev–Trinajstić information content (AvgIpc) is 1.35. The monoisotopic (exact) mass is 87.1 g/mol. The highest BCUT2D eigenvalue weighted by molar-refractivity contribution is 4.55. The highest BCUT2D eigenvalue weighted by Crippen LogP contribution is 2.09. The van der Waals surface area contributed by atoms with Crippen molar-refractivity contribution in [2.75, 3.05) is 6.61 Å². The quantitative estimate of drug-likeness (QED) is 0.426. The fourth-order valence-electron chi connectivity index (χ4n) is 0. The van der Waals surface area contributed by atoms with Crippen LogP contribution in [-0.4, -0.2) is 6.61 Å². The minimum atomic E-state index is -0.0139. The SMILES string of the molecule is CC(C)(C)C[O]. The Morgan fingerprint density at radius 3 is 1.50 bits per heavy atom. The molecule has 0 bridgehead atoms. The van der Waals surface area contributed by atoms with Crippen LogP contribution in [0.2, 0.25) is 0 Å². The van der Waals surface area contributed by atoms with Crippen molar-refractivity contribution in [2.24, 2.45) is 5.41 Å². The maximum absolute atomic E-state index is 9.95. The second-order valence-electron chi connectivity index (χ2n) is 2.70. The van der Waals surface area contributed by atoms with Crippen LogP contribution < -0.4 is 0 Å². The van der Waals surface area contributed by atoms with E-state index in [9.17, 15) is 5.11 Å². The van der Waals surface area contributed by atoms with Crippen LogP contribution in [-0.2, 0) is 5.11 Å². The van der Waals surface area contributed by atoms with Crippen molar-refractivity contribution in [1.82, 2.24) is 0 Å². The van der Waals surface area contributed by atoms with Crippen LogP contribution in [0.25, 0.3) is 0 Å². The van der Waals surface area contributed by atoms with Crippen molar-refractivity contribution in [1.29, 1.82) is 0 Å². The second-order valence-corrected chi connectivity index (χ2v) is 2.70. The first-order valence-corrected chi connectivity index (χ1v) is 2.14. The van der Waals surface area contributed by atoms with Crippen LogP contribution in [0.3, 0.4) is 0 Å². The van der Waals surface area contributed by atoms with Gasteiger partial charge in [0.25, 0.3) is 0 Å². The summed E-state index contributed by atoms with van der Waals surface area (Å²) in [5.41, 5.74) is -0.0139. The summed E-state index contributed by atoms with van der Waals surface area (Å²) < 4.78 is 0. The smallest absolute Gasteiger partial charge is 0.0870 e. The predicted octanol–water partition coefficient (Wildman–Crippen LogP) is 1.46. The van der Waals surface area contributed by atoms with Crippen LogP contribution in [0, 0.1) is 5.41 Å². The Hall–Kier alpha value is -0.0400. The molecule has 37 valence electrons. The fourth-order valence-corrected chi connectivity index (χ4v) is 0. The van der Waals surface area contributed by atoms with E-state index in [1.165, 1.54) is 0 Å². The van der Waals surface area contributed by atoms with E-state index in [0.29, 0.717) is 0 Å². The third kappa shape index (κ3) is 3.96. The lowest BCUT2D eigenvalue weighted by Crippen LogP contribution is -2.08. The Labute approximate surface area is 39.0 Å². The van der Waals surface area contributed by atoms with Gasteiger partial charge in [-0.05, 0) is 5.41 Å². The van der Waals surface area contributed by atoms with Crippen LogP contribution in [0.15, 0.2) is 0 Å². The molecule has 0 saturated heterocycles. The van der Waals surface area contributed by atoms with Crippen LogP contribution in [0.1, 0.15) is 20.8 Å². The molecule has 0 rings (SSSR count). The number of rotatable bonds is 0. The zero-order valence-electron chi connectivity index (χ0n) is 4.62. The summed E-state index contributed by atoms with van der Waals surface area (Å²) in [7, 11) is 0. The van der Waals surface area contributed by atoms with Gasteiger partial charge in [-0.3, -0.25) is 0 Å². The van der Waals surface area contributed by atoms with Gasteiger partial charge in [-0.15, -0.1) is 0 Å². The number of hydrogen-bond donors (Lipinski definition) is 0. The van der Waals surface area contributed by atoms with Crippen molar-refractivity contribution < 1.29 is 5.11 Å². The average molecular weight is 87.1 g/mol. The summed E-state index contributed by atoms with van der Waals surface area (Å²) in [6.07, 6.45) is 0. The molecule has 0 aromatic carbocycles. The Morgan fingerprint density at radius 2 is 1.50 bits per heavy atom. The first kappa shape index (κ1) is 5.96. The molecule has 1 nitrogen and oxygen atoms in total. The molecular weight excluding hydrogens is 76.1 g/mol. The van der Waals surface area contributed by atoms with E-state index in [4.69, 9.17) is 0 Å². The standard InChI is InChI=1S/C5H11O/c1-5(2,3)4-6/h4H2,1-3H3. The van der Waals surface area contributed by atoms with Crippen molar-refractivity contribution in [3.63, 3.8) is 0 Å². The third-order valence-electron chi connectivity index (χ3n) is 0.433. The lowest BCUT2D eigenvalue weighted by Gasteiger charge is -2.09. The van der Waals surface area contributed by atoms with E-state index >= 15 is 0 Å². The van der Waals surface area contributed by atoms with Crippen LogP contribution >= 0.6 is 0 Å². The van der Waals surface area contributed by atoms with Gasteiger partial charge in [-0.1, -0.05) is 20.8 Å². The summed E-state index contributed by atoms with van der Waals surface area (Å²) in [6.45, 7) is 5.81. The Balaban J connectivity index is 3.17. The molecule has 0 aliphatic rings. The van der Waals surface area contributed by atoms with Crippen molar-refractivity contribution in [2.45, 2.75) is 20.8 Å². The summed E-state index contributed by atoms with van der Waals surface area (Å²) in [4.78, 5) is 0. The van der Waals surface area contributed by atoms with Gasteiger partial charge in [-0.25, -0.2) is 5.11 Å². The molecule has 0 atom stereocenters. The molecule has 0 amide bonds. The zero-order chi connectivity index (χ0) is 5.21. The summed E-state index contributed by atoms with van der Waals surface area (Å²) in [5.74, 6) is 0. The normalized spacial score (nSPS) is 12.0. The molecule has 0 aliphatic heterocycles. The Morgan fingerprint density at radius 1 is 1.33 bits per heavy atom. The Bertz CT molecular complexity index is 33.7. The maximum atomic E-state index is 9.95. The molecule has 0 aromatic rings. The van der Waals surface area contributed by atoms with Gasteiger partial charge in [0, 0.05) is 0 Å². The number of hydrogen-bond acceptors (Lipinski definition) is 0. The van der Waals surface area contributed by atoms with Gasteiger partial charge in [0.15, 0.2) is 0 Å². The summed E-state index contributed by atoms with van der Waals surface area (Å²) >= 11 is 0. The van der Waals surface area contributed by atoms with Crippen molar-refractivity contribution in [3.05, 3.63) is 0 Å². The van der Waals surface area contributed by atoms with Crippen LogP contribution in [0.4, 0.5) is 0 Å². The van der Waals surface area contributed by atoms with E-state index in [-0.39, 0.29) is 12.0 Å². The van der Waals surface area contributed by atoms with Gasteiger partial charge >= 0.3 is 0 Å². The fraction of sp³-hybridized carbons (Fsp3) is 1.00. The summed E-state index contributed by atoms with van der Waals surface area (Å²) in [6, 6.07) is 0. The highest BCUT2D eigenvalue weighted by atomic mass is 16.3. The molecule has 0 N–H and O–H groups in total. The summed E-state index contributed by atoms with van der Waals surface area (Å²) in [5, 5.41) is 9.95. The van der Waals surface area contributed by atoms with E-state index in [1.807, 2.05) is 20.8 Å². The first-order valence-electron chi connectivity index (χ1n) is 2.14. The first-order chi connectivity index (χ1) is 2.56. The second kappa shape index (κ2) is 1.61. The van der Waals surface area contributed by atoms with Gasteiger partial charge in [0.2, 0.25) is 0 Å². The molecule has 1 radical (unpaired) electrons. The van der Waals surface area contributed by atoms with Gasteiger partial charge < -0.3 is 0 Å². The maximum Gasteiger partial charge on any atom is 0.0870 e. The molecule has 0 spiro atoms. The molecule has 0 saturated carbocycles. The minimum Gasteiger partial charge on any atom is -0.236 e. The Kier molecular flexibility index (Phi) is 1.59. The van der Waals surface area contributed by atoms with E-state index in [0.717, 1.165) is 0 Å². The van der Waals surface area contributed by atoms with Gasteiger partial charge in [0.1, 0.15) is 0 Å². The zero-order valence-corrected chi connectivity index (χ0v) is 4.62. The lowest BCUT2D eigenvalue weighted by molar-refractivity contribution is 0.105. The van der Waals surface area contributed by atoms with Crippen molar-refractivity contribution >= 4 is 0 Å². The van der Waals surface area contributed by atoms with Crippen molar-refractivity contribution in [3.8, 4) is 0 Å². The van der Waals surface area contributed by atoms with E-state index < -0.39 is 0 Å². The molecule has 0 aromatic heterocycles. The van der Waals surface area contributed by atoms with E-state index in [1.54, 1.807) is 0 Å². The molecule has 6 heavy (non-hydrogen) atoms. The largest absolute Gasteiger partial charge is 0.236 e. The predicted molar refractivity (Wildman–Crippen MR) is 25.0 cm³/mol. The van der Waals surface area contributed by atoms with Gasteiger partial charge in [0.05, 0.1) is 6.61 Å². The molecule has 0 aliphatic carbocycles. The molecular formula is C5H11O. The molecule has 0 unspecified atom stereocenters. The highest BCUT2D eigenvalue weighted by Gasteiger charge is 2.06. The van der Waals surface area contributed by atoms with Crippen LogP contribution in [0.5, 0.6) is 0 Å². The molecule has 0 heterocycles. The minimum absolute atomic E-state index is 0.0139. The molecule has 1 heteroatoms. The van der Waals surface area contributed by atoms with E-state index in [2.05, 4.69) is 0 Å². The molecule has 0 fully saturated rings. The third-order valence-corrected chi connectivity index (χ3v) is 0.433.